The van der Waals surface area contributed by atoms with Crippen molar-refractivity contribution in [2.45, 2.75) is 0 Å². The number of aliphatic hydroxyl groups is 1. The molecule has 0 bridgehead atoms. The molecule has 0 radical (unpaired) electrons. The molecule has 4 nitrogen and oxygen atoms in total. The van der Waals surface area contributed by atoms with E-state index in [1.807, 2.05) is 18.2 Å². The van der Waals surface area contributed by atoms with Gasteiger partial charge < -0.3 is 15.4 Å². The summed E-state index contributed by atoms with van der Waals surface area (Å²) < 4.78 is 0. The maximum absolute atomic E-state index is 11.7. The third-order valence-electron chi connectivity index (χ3n) is 2.24. The summed E-state index contributed by atoms with van der Waals surface area (Å²) in [6.07, 6.45) is 1.80. The highest BCUT2D eigenvalue weighted by molar-refractivity contribution is 6.06. The molecule has 0 saturated heterocycles. The molecule has 0 atom stereocenters. The second-order valence-electron chi connectivity index (χ2n) is 3.22. The number of carbonyl (C=O) groups excluding carboxylic acids is 1. The van der Waals surface area contributed by atoms with E-state index in [9.17, 15) is 4.79 Å². The minimum atomic E-state index is -0.158. The van der Waals surface area contributed by atoms with Gasteiger partial charge in [-0.3, -0.25) is 4.79 Å². The summed E-state index contributed by atoms with van der Waals surface area (Å²) in [5.74, 6) is -0.158. The highest BCUT2D eigenvalue weighted by atomic mass is 16.3. The van der Waals surface area contributed by atoms with Crippen molar-refractivity contribution in [1.29, 1.82) is 0 Å². The standard InChI is InChI=1S/C11H12N2O2/c14-7-6-13-11(15)9-2-1-3-10-8(9)4-5-12-10/h1-5,12,14H,6-7H2,(H,13,15). The highest BCUT2D eigenvalue weighted by Crippen LogP contribution is 2.16. The minimum absolute atomic E-state index is 0.0468. The number of amides is 1. The van der Waals surface area contributed by atoms with Crippen LogP contribution in [0.15, 0.2) is 30.5 Å². The summed E-state index contributed by atoms with van der Waals surface area (Å²) in [5.41, 5.74) is 1.56. The largest absolute Gasteiger partial charge is 0.395 e. The Kier molecular flexibility index (Phi) is 2.69. The summed E-state index contributed by atoms with van der Waals surface area (Å²) in [4.78, 5) is 14.7. The van der Waals surface area contributed by atoms with E-state index in [-0.39, 0.29) is 19.1 Å². The SMILES string of the molecule is O=C(NCCO)c1cccc2[nH]ccc12. The molecule has 0 saturated carbocycles. The lowest BCUT2D eigenvalue weighted by atomic mass is 10.1. The lowest BCUT2D eigenvalue weighted by molar-refractivity contribution is 0.0946. The molecule has 1 amide bonds. The molecular weight excluding hydrogens is 192 g/mol. The fraction of sp³-hybridized carbons (Fsp3) is 0.182. The minimum Gasteiger partial charge on any atom is -0.395 e. The van der Waals surface area contributed by atoms with Crippen LogP contribution >= 0.6 is 0 Å². The average molecular weight is 204 g/mol. The summed E-state index contributed by atoms with van der Waals surface area (Å²) in [6, 6.07) is 7.37. The lowest BCUT2D eigenvalue weighted by Crippen LogP contribution is -2.26. The molecule has 0 aliphatic carbocycles. The highest BCUT2D eigenvalue weighted by Gasteiger charge is 2.08. The number of hydrogen-bond donors (Lipinski definition) is 3. The number of aromatic amines is 1. The number of benzene rings is 1. The van der Waals surface area contributed by atoms with Gasteiger partial charge in [0.25, 0.3) is 5.91 Å². The monoisotopic (exact) mass is 204 g/mol. The van der Waals surface area contributed by atoms with Gasteiger partial charge in [-0.2, -0.15) is 0 Å². The van der Waals surface area contributed by atoms with Crippen LogP contribution in [0.4, 0.5) is 0 Å². The molecule has 0 spiro atoms. The van der Waals surface area contributed by atoms with Crippen LogP contribution in [-0.2, 0) is 0 Å². The van der Waals surface area contributed by atoms with Crippen molar-refractivity contribution in [3.63, 3.8) is 0 Å². The summed E-state index contributed by atoms with van der Waals surface area (Å²) in [5, 5.41) is 12.1. The summed E-state index contributed by atoms with van der Waals surface area (Å²) in [6.45, 7) is 0.231. The first-order valence-corrected chi connectivity index (χ1v) is 4.78. The molecule has 4 heteroatoms. The van der Waals surface area contributed by atoms with Crippen molar-refractivity contribution in [2.24, 2.45) is 0 Å². The lowest BCUT2D eigenvalue weighted by Gasteiger charge is -2.04. The van der Waals surface area contributed by atoms with Gasteiger partial charge in [0.15, 0.2) is 0 Å². The van der Waals surface area contributed by atoms with Gasteiger partial charge in [0.05, 0.1) is 6.61 Å². The van der Waals surface area contributed by atoms with E-state index in [1.54, 1.807) is 12.3 Å². The average Bonchev–Trinajstić information content (AvgIpc) is 2.73. The van der Waals surface area contributed by atoms with Crippen LogP contribution in [0.3, 0.4) is 0 Å². The quantitative estimate of drug-likeness (QED) is 0.695. The third kappa shape index (κ3) is 1.85. The van der Waals surface area contributed by atoms with Gasteiger partial charge in [0.2, 0.25) is 0 Å². The second-order valence-corrected chi connectivity index (χ2v) is 3.22. The first-order chi connectivity index (χ1) is 7.33. The Labute approximate surface area is 86.9 Å². The molecule has 1 aromatic heterocycles. The molecule has 3 N–H and O–H groups in total. The van der Waals surface area contributed by atoms with Crippen molar-refractivity contribution >= 4 is 16.8 Å². The van der Waals surface area contributed by atoms with E-state index >= 15 is 0 Å². The van der Waals surface area contributed by atoms with Gasteiger partial charge in [-0.05, 0) is 18.2 Å². The fourth-order valence-electron chi connectivity index (χ4n) is 1.55. The number of aromatic nitrogens is 1. The van der Waals surface area contributed by atoms with Crippen LogP contribution in [-0.4, -0.2) is 29.1 Å². The van der Waals surface area contributed by atoms with Gasteiger partial charge >= 0.3 is 0 Å². The smallest absolute Gasteiger partial charge is 0.252 e. The van der Waals surface area contributed by atoms with Crippen molar-refractivity contribution in [2.75, 3.05) is 13.2 Å². The Bertz CT molecular complexity index is 476. The molecule has 2 rings (SSSR count). The number of aliphatic hydroxyl groups excluding tert-OH is 1. The zero-order chi connectivity index (χ0) is 10.7. The number of H-pyrrole nitrogens is 1. The molecule has 1 heterocycles. The Hall–Kier alpha value is -1.81. The number of rotatable bonds is 3. The number of hydrogen-bond acceptors (Lipinski definition) is 2. The Morgan fingerprint density at radius 2 is 2.27 bits per heavy atom. The maximum Gasteiger partial charge on any atom is 0.252 e. The molecule has 0 unspecified atom stereocenters. The first kappa shape index (κ1) is 9.73. The zero-order valence-electron chi connectivity index (χ0n) is 8.16. The van der Waals surface area contributed by atoms with Crippen LogP contribution in [0, 0.1) is 0 Å². The molecule has 78 valence electrons. The molecular formula is C11H12N2O2. The molecule has 0 aliphatic heterocycles. The van der Waals surface area contributed by atoms with E-state index in [0.717, 1.165) is 10.9 Å². The molecule has 2 aromatic rings. The predicted molar refractivity (Wildman–Crippen MR) is 57.7 cm³/mol. The van der Waals surface area contributed by atoms with Crippen LogP contribution in [0.5, 0.6) is 0 Å². The Morgan fingerprint density at radius 3 is 3.07 bits per heavy atom. The van der Waals surface area contributed by atoms with E-state index in [1.165, 1.54) is 0 Å². The van der Waals surface area contributed by atoms with Crippen LogP contribution in [0.1, 0.15) is 10.4 Å². The van der Waals surface area contributed by atoms with Gasteiger partial charge in [0.1, 0.15) is 0 Å². The van der Waals surface area contributed by atoms with Gasteiger partial charge in [-0.25, -0.2) is 0 Å². The fourth-order valence-corrected chi connectivity index (χ4v) is 1.55. The summed E-state index contributed by atoms with van der Waals surface area (Å²) in [7, 11) is 0. The van der Waals surface area contributed by atoms with Gasteiger partial charge in [-0.15, -0.1) is 0 Å². The topological polar surface area (TPSA) is 65.1 Å². The van der Waals surface area contributed by atoms with Gasteiger partial charge in [0, 0.05) is 29.2 Å². The van der Waals surface area contributed by atoms with Crippen LogP contribution in [0.25, 0.3) is 10.9 Å². The molecule has 0 aliphatic rings. The van der Waals surface area contributed by atoms with Crippen molar-refractivity contribution in [1.82, 2.24) is 10.3 Å². The summed E-state index contributed by atoms with van der Waals surface area (Å²) >= 11 is 0. The molecule has 15 heavy (non-hydrogen) atoms. The predicted octanol–water partition coefficient (Wildman–Crippen LogP) is 0.890. The van der Waals surface area contributed by atoms with Crippen molar-refractivity contribution in [3.8, 4) is 0 Å². The molecule has 1 aromatic carbocycles. The zero-order valence-corrected chi connectivity index (χ0v) is 8.16. The number of nitrogens with one attached hydrogen (secondary N) is 2. The van der Waals surface area contributed by atoms with Crippen LogP contribution in [0.2, 0.25) is 0 Å². The first-order valence-electron chi connectivity index (χ1n) is 4.78. The van der Waals surface area contributed by atoms with E-state index < -0.39 is 0 Å². The number of fused-ring (bicyclic) bond motifs is 1. The van der Waals surface area contributed by atoms with E-state index in [4.69, 9.17) is 5.11 Å². The molecule has 0 fully saturated rings. The second kappa shape index (κ2) is 4.14. The van der Waals surface area contributed by atoms with E-state index in [2.05, 4.69) is 10.3 Å². The number of carbonyl (C=O) groups is 1. The third-order valence-corrected chi connectivity index (χ3v) is 2.24. The Balaban J connectivity index is 2.34. The Morgan fingerprint density at radius 1 is 1.40 bits per heavy atom. The van der Waals surface area contributed by atoms with E-state index in [0.29, 0.717) is 5.56 Å². The van der Waals surface area contributed by atoms with Crippen LogP contribution < -0.4 is 5.32 Å². The van der Waals surface area contributed by atoms with Crippen molar-refractivity contribution < 1.29 is 9.90 Å². The normalized spacial score (nSPS) is 10.5. The maximum atomic E-state index is 11.7. The van der Waals surface area contributed by atoms with Gasteiger partial charge in [-0.1, -0.05) is 6.07 Å². The van der Waals surface area contributed by atoms with Crippen molar-refractivity contribution in [3.05, 3.63) is 36.0 Å².